The Labute approximate surface area is 274 Å². The van der Waals surface area contributed by atoms with Crippen LogP contribution in [0.25, 0.3) is 11.1 Å². The number of nitrogens with one attached hydrogen (secondary N) is 2. The topological polar surface area (TPSA) is 159 Å². The number of nitrogen functional groups attached to an aromatic ring is 1. The first-order valence-corrected chi connectivity index (χ1v) is 15.1. The Morgan fingerprint density at radius 2 is 1.60 bits per heavy atom. The first-order chi connectivity index (χ1) is 22.8. The van der Waals surface area contributed by atoms with E-state index in [0.29, 0.717) is 31.4 Å². The summed E-state index contributed by atoms with van der Waals surface area (Å²) in [5.41, 5.74) is 11.5. The summed E-state index contributed by atoms with van der Waals surface area (Å²) in [6, 6.07) is 20.2. The SMILES string of the molecule is Nc1ccc(-c2ccc(NC(=O)CCCCCC#Cc3cccc4c3CN(C3CCC(=O)NC3=O)C4=O)cc2)cc1.O=C(O)C(F)(F)F. The number of nitrogens with zero attached hydrogens (tertiary/aromatic N) is 1. The number of fused-ring (bicyclic) bond motifs is 1. The van der Waals surface area contributed by atoms with Gasteiger partial charge in [-0.05, 0) is 72.4 Å². The third-order valence-corrected chi connectivity index (χ3v) is 7.67. The number of rotatable bonds is 8. The molecule has 1 fully saturated rings. The van der Waals surface area contributed by atoms with Gasteiger partial charge >= 0.3 is 12.1 Å². The summed E-state index contributed by atoms with van der Waals surface area (Å²) in [6.07, 6.45) is -0.878. The summed E-state index contributed by atoms with van der Waals surface area (Å²) >= 11 is 0. The van der Waals surface area contributed by atoms with E-state index in [4.69, 9.17) is 15.6 Å². The van der Waals surface area contributed by atoms with E-state index in [0.717, 1.165) is 52.9 Å². The largest absolute Gasteiger partial charge is 0.490 e. The zero-order valence-corrected chi connectivity index (χ0v) is 25.7. The maximum Gasteiger partial charge on any atom is 0.490 e. The zero-order chi connectivity index (χ0) is 34.8. The molecule has 2 heterocycles. The van der Waals surface area contributed by atoms with Crippen LogP contribution in [0.3, 0.4) is 0 Å². The molecule has 250 valence electrons. The van der Waals surface area contributed by atoms with Crippen molar-refractivity contribution in [1.29, 1.82) is 0 Å². The van der Waals surface area contributed by atoms with E-state index in [1.807, 2.05) is 54.6 Å². The van der Waals surface area contributed by atoms with Crippen LogP contribution in [-0.4, -0.2) is 51.8 Å². The number of carboxylic acids is 1. The number of piperidine rings is 1. The molecule has 1 saturated heterocycles. The maximum atomic E-state index is 13.0. The van der Waals surface area contributed by atoms with Crippen LogP contribution >= 0.6 is 0 Å². The van der Waals surface area contributed by atoms with Crippen molar-refractivity contribution in [2.45, 2.75) is 63.7 Å². The number of anilines is 2. The second kappa shape index (κ2) is 15.8. The van der Waals surface area contributed by atoms with Gasteiger partial charge in [0.2, 0.25) is 17.7 Å². The number of imide groups is 1. The molecule has 2 aliphatic rings. The molecule has 0 bridgehead atoms. The number of hydrogen-bond donors (Lipinski definition) is 4. The van der Waals surface area contributed by atoms with Gasteiger partial charge in [-0.15, -0.1) is 0 Å². The lowest BCUT2D eigenvalue weighted by Crippen LogP contribution is -2.52. The van der Waals surface area contributed by atoms with Gasteiger partial charge in [0.15, 0.2) is 0 Å². The Morgan fingerprint density at radius 3 is 2.23 bits per heavy atom. The van der Waals surface area contributed by atoms with Gasteiger partial charge in [-0.3, -0.25) is 24.5 Å². The highest BCUT2D eigenvalue weighted by Crippen LogP contribution is 2.29. The zero-order valence-electron chi connectivity index (χ0n) is 25.7. The Kier molecular flexibility index (Phi) is 11.6. The molecule has 0 saturated carbocycles. The van der Waals surface area contributed by atoms with E-state index in [-0.39, 0.29) is 24.1 Å². The molecule has 1 atom stereocenters. The normalized spacial score (nSPS) is 15.4. The number of halogens is 3. The molecule has 13 heteroatoms. The molecule has 3 aromatic rings. The van der Waals surface area contributed by atoms with Gasteiger partial charge in [0.25, 0.3) is 5.91 Å². The van der Waals surface area contributed by atoms with E-state index in [1.165, 1.54) is 4.90 Å². The summed E-state index contributed by atoms with van der Waals surface area (Å²) < 4.78 is 31.7. The summed E-state index contributed by atoms with van der Waals surface area (Å²) in [7, 11) is 0. The fraction of sp³-hybridized carbons (Fsp3) is 0.286. The summed E-state index contributed by atoms with van der Waals surface area (Å²) in [5, 5.41) is 12.4. The van der Waals surface area contributed by atoms with Crippen molar-refractivity contribution in [3.8, 4) is 23.0 Å². The van der Waals surface area contributed by atoms with Crippen molar-refractivity contribution < 1.29 is 42.3 Å². The standard InChI is InChI=1S/C33H32N4O4.C2HF3O2/c34-25-15-11-22(12-16-25)23-13-17-26(18-14-23)35-30(38)10-5-3-1-2-4-7-24-8-6-9-27-28(24)21-37(33(27)41)29-19-20-31(39)36-32(29)40;3-2(4,5)1(6)7/h6,8-9,11-18,29H,1-3,5,10,19-21,34H2,(H,35,38)(H,36,39,40);(H,6,7). The van der Waals surface area contributed by atoms with Crippen LogP contribution in [0, 0.1) is 11.8 Å². The van der Waals surface area contributed by atoms with Crippen LogP contribution in [-0.2, 0) is 25.7 Å². The Morgan fingerprint density at radius 1 is 0.958 bits per heavy atom. The lowest BCUT2D eigenvalue weighted by atomic mass is 10.0. The third kappa shape index (κ3) is 9.45. The van der Waals surface area contributed by atoms with E-state index in [9.17, 15) is 32.3 Å². The monoisotopic (exact) mass is 662 g/mol. The van der Waals surface area contributed by atoms with Crippen molar-refractivity contribution >= 4 is 41.0 Å². The molecule has 2 aliphatic heterocycles. The third-order valence-electron chi connectivity index (χ3n) is 7.67. The molecule has 0 radical (unpaired) electrons. The van der Waals surface area contributed by atoms with E-state index < -0.39 is 24.1 Å². The average Bonchev–Trinajstić information content (AvgIpc) is 3.37. The first kappa shape index (κ1) is 35.2. The van der Waals surface area contributed by atoms with Crippen LogP contribution < -0.4 is 16.4 Å². The van der Waals surface area contributed by atoms with Gasteiger partial charge < -0.3 is 21.1 Å². The fourth-order valence-corrected chi connectivity index (χ4v) is 5.18. The van der Waals surface area contributed by atoms with Gasteiger partial charge in [-0.1, -0.05) is 48.6 Å². The van der Waals surface area contributed by atoms with Crippen LogP contribution in [0.4, 0.5) is 24.5 Å². The number of nitrogens with two attached hydrogens (primary N) is 1. The van der Waals surface area contributed by atoms with Gasteiger partial charge in [-0.25, -0.2) is 4.79 Å². The highest BCUT2D eigenvalue weighted by atomic mass is 19.4. The molecule has 1 unspecified atom stereocenters. The van der Waals surface area contributed by atoms with Crippen molar-refractivity contribution in [3.63, 3.8) is 0 Å². The molecule has 3 aromatic carbocycles. The molecule has 4 amide bonds. The quantitative estimate of drug-likeness (QED) is 0.111. The molecular weight excluding hydrogens is 629 g/mol. The lowest BCUT2D eigenvalue weighted by Gasteiger charge is -2.29. The van der Waals surface area contributed by atoms with Crippen LogP contribution in [0.2, 0.25) is 0 Å². The highest BCUT2D eigenvalue weighted by molar-refractivity contribution is 6.05. The smallest absolute Gasteiger partial charge is 0.475 e. The van der Waals surface area contributed by atoms with Crippen LogP contribution in [0.15, 0.2) is 66.7 Å². The minimum Gasteiger partial charge on any atom is -0.475 e. The van der Waals surface area contributed by atoms with Crippen molar-refractivity contribution in [2.24, 2.45) is 0 Å². The molecule has 48 heavy (non-hydrogen) atoms. The second-order valence-electron chi connectivity index (χ2n) is 11.1. The fourth-order valence-electron chi connectivity index (χ4n) is 5.18. The Hall–Kier alpha value is -5.64. The molecule has 5 rings (SSSR count). The second-order valence-corrected chi connectivity index (χ2v) is 11.1. The molecule has 0 aromatic heterocycles. The average molecular weight is 663 g/mol. The van der Waals surface area contributed by atoms with Gasteiger partial charge in [0.05, 0.1) is 0 Å². The Balaban J connectivity index is 0.000000671. The van der Waals surface area contributed by atoms with Crippen molar-refractivity contribution in [3.05, 3.63) is 83.4 Å². The molecule has 5 N–H and O–H groups in total. The highest BCUT2D eigenvalue weighted by Gasteiger charge is 2.40. The number of aliphatic carboxylic acids is 1. The van der Waals surface area contributed by atoms with Crippen LogP contribution in [0.5, 0.6) is 0 Å². The summed E-state index contributed by atoms with van der Waals surface area (Å²) in [4.78, 5) is 59.5. The van der Waals surface area contributed by atoms with Crippen LogP contribution in [0.1, 0.15) is 66.4 Å². The number of carbonyl (C=O) groups is 5. The minimum atomic E-state index is -5.08. The first-order valence-electron chi connectivity index (χ1n) is 15.1. The predicted molar refractivity (Wildman–Crippen MR) is 171 cm³/mol. The number of carboxylic acid groups (broad SMARTS) is 1. The molecule has 0 aliphatic carbocycles. The summed E-state index contributed by atoms with van der Waals surface area (Å²) in [6.45, 7) is 0.310. The van der Waals surface area contributed by atoms with Gasteiger partial charge in [0.1, 0.15) is 6.04 Å². The maximum absolute atomic E-state index is 13.0. The number of unbranched alkanes of at least 4 members (excludes halogenated alkanes) is 3. The lowest BCUT2D eigenvalue weighted by molar-refractivity contribution is -0.192. The molecular formula is C35H33F3N4O6. The predicted octanol–water partition coefficient (Wildman–Crippen LogP) is 5.27. The summed E-state index contributed by atoms with van der Waals surface area (Å²) in [5.74, 6) is 2.69. The number of hydrogen-bond acceptors (Lipinski definition) is 6. The number of benzene rings is 3. The van der Waals surface area contributed by atoms with Gasteiger partial charge in [-0.2, -0.15) is 13.2 Å². The molecule has 10 nitrogen and oxygen atoms in total. The van der Waals surface area contributed by atoms with Crippen molar-refractivity contribution in [2.75, 3.05) is 11.1 Å². The van der Waals surface area contributed by atoms with Crippen molar-refractivity contribution in [1.82, 2.24) is 10.2 Å². The molecule has 0 spiro atoms. The van der Waals surface area contributed by atoms with E-state index >= 15 is 0 Å². The number of amides is 4. The number of alkyl halides is 3. The van der Waals surface area contributed by atoms with E-state index in [1.54, 1.807) is 12.1 Å². The number of carbonyl (C=O) groups excluding carboxylic acids is 4. The van der Waals surface area contributed by atoms with Gasteiger partial charge in [0, 0.05) is 48.3 Å². The minimum absolute atomic E-state index is 0.0126. The Bertz CT molecular complexity index is 1750. The van der Waals surface area contributed by atoms with E-state index in [2.05, 4.69) is 22.5 Å².